The van der Waals surface area contributed by atoms with Gasteiger partial charge in [-0.25, -0.2) is 0 Å². The number of anilines is 1. The number of carbonyl (C=O) groups is 3. The zero-order chi connectivity index (χ0) is 13.4. The number of hydrogen-bond donors (Lipinski definition) is 2. The van der Waals surface area contributed by atoms with Gasteiger partial charge in [0.1, 0.15) is 6.04 Å². The van der Waals surface area contributed by atoms with Gasteiger partial charge in [0.2, 0.25) is 0 Å². The summed E-state index contributed by atoms with van der Waals surface area (Å²) in [5.74, 6) is -1.70. The largest absolute Gasteiger partial charge is 0.480 e. The van der Waals surface area contributed by atoms with Crippen LogP contribution in [0.25, 0.3) is 0 Å². The molecule has 1 heterocycles. The van der Waals surface area contributed by atoms with Crippen LogP contribution in [-0.2, 0) is 4.79 Å². The van der Waals surface area contributed by atoms with Crippen LogP contribution in [0.4, 0.5) is 5.69 Å². The molecule has 0 bridgehead atoms. The molecule has 1 aliphatic heterocycles. The zero-order valence-corrected chi connectivity index (χ0v) is 9.93. The van der Waals surface area contributed by atoms with Gasteiger partial charge in [-0.05, 0) is 25.1 Å². The first kappa shape index (κ1) is 12.1. The smallest absolute Gasteiger partial charge is 0.325 e. The number of carboxylic acid groups (broad SMARTS) is 1. The number of fused-ring (bicyclic) bond motifs is 1. The van der Waals surface area contributed by atoms with E-state index in [0.29, 0.717) is 16.8 Å². The van der Waals surface area contributed by atoms with E-state index in [1.165, 1.54) is 26.1 Å². The third-order valence-electron chi connectivity index (χ3n) is 2.84. The lowest BCUT2D eigenvalue weighted by atomic mass is 10.1. The molecule has 1 unspecified atom stereocenters. The number of imide groups is 1. The van der Waals surface area contributed by atoms with Crippen LogP contribution in [0.5, 0.6) is 0 Å². The SMILES string of the molecule is CC(Nc1ccc2c(c1)C(=O)N(C)C2=O)C(=O)O. The Morgan fingerprint density at radius 3 is 2.50 bits per heavy atom. The lowest BCUT2D eigenvalue weighted by molar-refractivity contribution is -0.137. The Balaban J connectivity index is 2.32. The van der Waals surface area contributed by atoms with E-state index in [4.69, 9.17) is 5.11 Å². The molecule has 0 saturated heterocycles. The Morgan fingerprint density at radius 2 is 1.89 bits per heavy atom. The second-order valence-electron chi connectivity index (χ2n) is 4.13. The van der Waals surface area contributed by atoms with Crippen LogP contribution < -0.4 is 5.32 Å². The molecule has 2 amide bonds. The molecule has 1 aliphatic rings. The van der Waals surface area contributed by atoms with Crippen molar-refractivity contribution in [2.45, 2.75) is 13.0 Å². The standard InChI is InChI=1S/C12H12N2O4/c1-6(12(17)18)13-7-3-4-8-9(5-7)11(16)14(2)10(8)15/h3-6,13H,1-2H3,(H,17,18). The Morgan fingerprint density at radius 1 is 1.28 bits per heavy atom. The number of nitrogens with zero attached hydrogens (tertiary/aromatic N) is 1. The maximum Gasteiger partial charge on any atom is 0.325 e. The minimum absolute atomic E-state index is 0.296. The molecule has 18 heavy (non-hydrogen) atoms. The Bertz CT molecular complexity index is 553. The number of hydrogen-bond acceptors (Lipinski definition) is 4. The fraction of sp³-hybridized carbons (Fsp3) is 0.250. The molecule has 0 radical (unpaired) electrons. The van der Waals surface area contributed by atoms with E-state index in [2.05, 4.69) is 5.32 Å². The van der Waals surface area contributed by atoms with Crippen molar-refractivity contribution < 1.29 is 19.5 Å². The second kappa shape index (κ2) is 4.14. The van der Waals surface area contributed by atoms with Gasteiger partial charge in [-0.3, -0.25) is 19.3 Å². The quantitative estimate of drug-likeness (QED) is 0.772. The van der Waals surface area contributed by atoms with E-state index in [0.717, 1.165) is 4.90 Å². The monoisotopic (exact) mass is 248 g/mol. The van der Waals surface area contributed by atoms with E-state index in [1.807, 2.05) is 0 Å². The molecule has 6 heteroatoms. The average molecular weight is 248 g/mol. The number of nitrogens with one attached hydrogen (secondary N) is 1. The van der Waals surface area contributed by atoms with Crippen LogP contribution in [0, 0.1) is 0 Å². The molecule has 1 aromatic carbocycles. The summed E-state index contributed by atoms with van der Waals surface area (Å²) < 4.78 is 0. The average Bonchev–Trinajstić information content (AvgIpc) is 2.54. The molecule has 0 aliphatic carbocycles. The van der Waals surface area contributed by atoms with Crippen molar-refractivity contribution >= 4 is 23.5 Å². The first-order chi connectivity index (χ1) is 8.41. The van der Waals surface area contributed by atoms with Gasteiger partial charge in [0.05, 0.1) is 11.1 Å². The minimum Gasteiger partial charge on any atom is -0.480 e. The van der Waals surface area contributed by atoms with Gasteiger partial charge in [0.15, 0.2) is 0 Å². The third kappa shape index (κ3) is 1.81. The highest BCUT2D eigenvalue weighted by Gasteiger charge is 2.32. The third-order valence-corrected chi connectivity index (χ3v) is 2.84. The van der Waals surface area contributed by atoms with Gasteiger partial charge < -0.3 is 10.4 Å². The predicted molar refractivity (Wildman–Crippen MR) is 63.6 cm³/mol. The van der Waals surface area contributed by atoms with Crippen molar-refractivity contribution in [2.24, 2.45) is 0 Å². The maximum atomic E-state index is 11.7. The van der Waals surface area contributed by atoms with E-state index < -0.39 is 12.0 Å². The molecule has 1 atom stereocenters. The normalized spacial score (nSPS) is 15.6. The summed E-state index contributed by atoms with van der Waals surface area (Å²) in [6.45, 7) is 1.49. The Hall–Kier alpha value is -2.37. The van der Waals surface area contributed by atoms with Crippen LogP contribution in [-0.4, -0.2) is 40.9 Å². The number of carbonyl (C=O) groups excluding carboxylic acids is 2. The first-order valence-corrected chi connectivity index (χ1v) is 5.37. The molecule has 0 saturated carbocycles. The maximum absolute atomic E-state index is 11.7. The summed E-state index contributed by atoms with van der Waals surface area (Å²) in [7, 11) is 1.41. The van der Waals surface area contributed by atoms with Gasteiger partial charge >= 0.3 is 5.97 Å². The molecular formula is C12H12N2O4. The Kier molecular flexibility index (Phi) is 2.78. The zero-order valence-electron chi connectivity index (χ0n) is 9.93. The summed E-state index contributed by atoms with van der Waals surface area (Å²) in [6.07, 6.45) is 0. The van der Waals surface area contributed by atoms with Gasteiger partial charge in [0.25, 0.3) is 11.8 Å². The lowest BCUT2D eigenvalue weighted by Gasteiger charge is -2.11. The fourth-order valence-electron chi connectivity index (χ4n) is 1.76. The van der Waals surface area contributed by atoms with Crippen LogP contribution in [0.15, 0.2) is 18.2 Å². The summed E-state index contributed by atoms with van der Waals surface area (Å²) >= 11 is 0. The molecule has 0 fully saturated rings. The number of aliphatic carboxylic acids is 1. The van der Waals surface area contributed by atoms with Gasteiger partial charge in [-0.1, -0.05) is 0 Å². The van der Waals surface area contributed by atoms with Crippen molar-refractivity contribution in [3.8, 4) is 0 Å². The van der Waals surface area contributed by atoms with E-state index >= 15 is 0 Å². The van der Waals surface area contributed by atoms with Gasteiger partial charge in [-0.15, -0.1) is 0 Å². The summed E-state index contributed by atoms with van der Waals surface area (Å²) in [6, 6.07) is 3.84. The molecule has 6 nitrogen and oxygen atoms in total. The van der Waals surface area contributed by atoms with Gasteiger partial charge in [0, 0.05) is 12.7 Å². The fourth-order valence-corrected chi connectivity index (χ4v) is 1.76. The number of carboxylic acids is 1. The summed E-state index contributed by atoms with van der Waals surface area (Å²) in [4.78, 5) is 35.1. The molecule has 2 rings (SSSR count). The van der Waals surface area contributed by atoms with Crippen LogP contribution >= 0.6 is 0 Å². The first-order valence-electron chi connectivity index (χ1n) is 5.37. The molecular weight excluding hydrogens is 236 g/mol. The highest BCUT2D eigenvalue weighted by molar-refractivity contribution is 6.21. The van der Waals surface area contributed by atoms with Gasteiger partial charge in [-0.2, -0.15) is 0 Å². The van der Waals surface area contributed by atoms with Crippen molar-refractivity contribution in [3.63, 3.8) is 0 Å². The second-order valence-corrected chi connectivity index (χ2v) is 4.13. The summed E-state index contributed by atoms with van der Waals surface area (Å²) in [5.41, 5.74) is 1.14. The highest BCUT2D eigenvalue weighted by Crippen LogP contribution is 2.24. The van der Waals surface area contributed by atoms with Crippen LogP contribution in [0.3, 0.4) is 0 Å². The number of amides is 2. The highest BCUT2D eigenvalue weighted by atomic mass is 16.4. The Labute approximate surface area is 103 Å². The number of benzene rings is 1. The van der Waals surface area contributed by atoms with Crippen molar-refractivity contribution in [3.05, 3.63) is 29.3 Å². The van der Waals surface area contributed by atoms with E-state index in [9.17, 15) is 14.4 Å². The molecule has 1 aromatic rings. The van der Waals surface area contributed by atoms with E-state index in [-0.39, 0.29) is 11.8 Å². The molecule has 0 aromatic heterocycles. The van der Waals surface area contributed by atoms with Crippen LogP contribution in [0.2, 0.25) is 0 Å². The molecule has 2 N–H and O–H groups in total. The van der Waals surface area contributed by atoms with Crippen molar-refractivity contribution in [2.75, 3.05) is 12.4 Å². The van der Waals surface area contributed by atoms with Crippen molar-refractivity contribution in [1.82, 2.24) is 4.90 Å². The van der Waals surface area contributed by atoms with Crippen molar-refractivity contribution in [1.29, 1.82) is 0 Å². The predicted octanol–water partition coefficient (Wildman–Crippen LogP) is 0.797. The number of rotatable bonds is 3. The lowest BCUT2D eigenvalue weighted by Crippen LogP contribution is -2.25. The van der Waals surface area contributed by atoms with E-state index in [1.54, 1.807) is 6.07 Å². The molecule has 94 valence electrons. The van der Waals surface area contributed by atoms with Crippen LogP contribution in [0.1, 0.15) is 27.6 Å². The minimum atomic E-state index is -0.991. The summed E-state index contributed by atoms with van der Waals surface area (Å²) in [5, 5.41) is 11.5. The molecule has 0 spiro atoms. The topological polar surface area (TPSA) is 86.7 Å².